The number of halogens is 1. The lowest BCUT2D eigenvalue weighted by atomic mass is 10.0. The van der Waals surface area contributed by atoms with E-state index in [2.05, 4.69) is 42.0 Å². The zero-order valence-corrected chi connectivity index (χ0v) is 12.3. The number of carbonyl (C=O) groups excluding carboxylic acids is 1. The number of benzene rings is 1. The number of rotatable bonds is 5. The summed E-state index contributed by atoms with van der Waals surface area (Å²) < 4.78 is 0. The summed E-state index contributed by atoms with van der Waals surface area (Å²) in [5, 5.41) is 3.79. The van der Waals surface area contributed by atoms with Gasteiger partial charge in [-0.2, -0.15) is 0 Å². The van der Waals surface area contributed by atoms with E-state index in [1.807, 2.05) is 24.3 Å². The van der Waals surface area contributed by atoms with Crippen molar-refractivity contribution in [1.29, 1.82) is 0 Å². The predicted octanol–water partition coefficient (Wildman–Crippen LogP) is 3.71. The summed E-state index contributed by atoms with van der Waals surface area (Å²) in [6.07, 6.45) is 0.932. The van der Waals surface area contributed by atoms with Gasteiger partial charge in [0.25, 0.3) is 5.91 Å². The molecule has 0 saturated heterocycles. The lowest BCUT2D eigenvalue weighted by molar-refractivity contribution is 0.0940. The van der Waals surface area contributed by atoms with Gasteiger partial charge in [-0.15, -0.1) is 0 Å². The second-order valence-electron chi connectivity index (χ2n) is 4.51. The minimum atomic E-state index is 0.00612. The summed E-state index contributed by atoms with van der Waals surface area (Å²) in [5.74, 6) is 0.504. The van der Waals surface area contributed by atoms with Crippen molar-refractivity contribution in [3.8, 4) is 0 Å². The first kappa shape index (κ1) is 14.2. The Bertz CT molecular complexity index is 355. The molecule has 0 saturated carbocycles. The van der Waals surface area contributed by atoms with Gasteiger partial charge in [-0.05, 0) is 30.0 Å². The maximum absolute atomic E-state index is 11.9. The topological polar surface area (TPSA) is 29.1 Å². The van der Waals surface area contributed by atoms with E-state index in [1.165, 1.54) is 5.56 Å². The van der Waals surface area contributed by atoms with Crippen LogP contribution in [0.3, 0.4) is 0 Å². The van der Waals surface area contributed by atoms with E-state index in [0.29, 0.717) is 5.92 Å². The highest BCUT2D eigenvalue weighted by Crippen LogP contribution is 2.14. The van der Waals surface area contributed by atoms with Crippen LogP contribution < -0.4 is 5.32 Å². The molecule has 1 aromatic carbocycles. The van der Waals surface area contributed by atoms with Crippen LogP contribution in [0.15, 0.2) is 24.3 Å². The van der Waals surface area contributed by atoms with Crippen LogP contribution in [0.4, 0.5) is 0 Å². The molecule has 0 fully saturated rings. The van der Waals surface area contributed by atoms with Crippen molar-refractivity contribution in [2.75, 3.05) is 5.33 Å². The fourth-order valence-corrected chi connectivity index (χ4v) is 2.16. The number of nitrogens with one attached hydrogen (secondary N) is 1. The molecule has 0 spiro atoms. The van der Waals surface area contributed by atoms with Gasteiger partial charge in [-0.25, -0.2) is 0 Å². The molecular weight excluding hydrogens is 278 g/mol. The van der Waals surface area contributed by atoms with Crippen LogP contribution in [0.2, 0.25) is 0 Å². The van der Waals surface area contributed by atoms with E-state index in [4.69, 9.17) is 0 Å². The molecule has 1 N–H and O–H groups in total. The number of amides is 1. The molecular formula is C14H20BrNO. The maximum atomic E-state index is 11.9. The Morgan fingerprint density at radius 1 is 1.29 bits per heavy atom. The maximum Gasteiger partial charge on any atom is 0.251 e. The van der Waals surface area contributed by atoms with Gasteiger partial charge in [-0.1, -0.05) is 48.8 Å². The molecule has 1 unspecified atom stereocenters. The second kappa shape index (κ2) is 6.80. The Balaban J connectivity index is 2.69. The van der Waals surface area contributed by atoms with Crippen molar-refractivity contribution >= 4 is 21.8 Å². The summed E-state index contributed by atoms with van der Waals surface area (Å²) in [6, 6.07) is 8.04. The molecule has 0 bridgehead atoms. The molecule has 2 nitrogen and oxygen atoms in total. The highest BCUT2D eigenvalue weighted by molar-refractivity contribution is 9.09. The Morgan fingerprint density at radius 2 is 1.88 bits per heavy atom. The van der Waals surface area contributed by atoms with Gasteiger partial charge >= 0.3 is 0 Å². The van der Waals surface area contributed by atoms with Crippen molar-refractivity contribution in [1.82, 2.24) is 5.32 Å². The molecule has 17 heavy (non-hydrogen) atoms. The van der Waals surface area contributed by atoms with Crippen LogP contribution in [-0.4, -0.2) is 17.3 Å². The van der Waals surface area contributed by atoms with Crippen LogP contribution in [-0.2, 0) is 0 Å². The number of hydrogen-bond donors (Lipinski definition) is 1. The minimum Gasteiger partial charge on any atom is -0.348 e. The van der Waals surface area contributed by atoms with Gasteiger partial charge in [0.2, 0.25) is 0 Å². The molecule has 94 valence electrons. The van der Waals surface area contributed by atoms with Gasteiger partial charge in [0.05, 0.1) is 0 Å². The van der Waals surface area contributed by atoms with E-state index >= 15 is 0 Å². The molecule has 0 radical (unpaired) electrons. The predicted molar refractivity (Wildman–Crippen MR) is 75.9 cm³/mol. The van der Waals surface area contributed by atoms with Crippen LogP contribution >= 0.6 is 15.9 Å². The molecule has 0 aromatic heterocycles. The van der Waals surface area contributed by atoms with Crippen molar-refractivity contribution in [2.45, 2.75) is 39.2 Å². The fraction of sp³-hybridized carbons (Fsp3) is 0.500. The van der Waals surface area contributed by atoms with Crippen molar-refractivity contribution in [2.24, 2.45) is 0 Å². The highest BCUT2D eigenvalue weighted by atomic mass is 79.9. The van der Waals surface area contributed by atoms with E-state index in [9.17, 15) is 4.79 Å². The standard InChI is InChI=1S/C14H20BrNO/c1-4-13(9-15)16-14(17)12-7-5-11(6-8-12)10(2)3/h5-8,10,13H,4,9H2,1-3H3,(H,16,17). The van der Waals surface area contributed by atoms with Crippen molar-refractivity contribution in [3.05, 3.63) is 35.4 Å². The molecule has 0 heterocycles. The van der Waals surface area contributed by atoms with Gasteiger partial charge in [0.1, 0.15) is 0 Å². The molecule has 1 rings (SSSR count). The second-order valence-corrected chi connectivity index (χ2v) is 5.16. The van der Waals surface area contributed by atoms with Gasteiger partial charge in [0.15, 0.2) is 0 Å². The zero-order chi connectivity index (χ0) is 12.8. The fourth-order valence-electron chi connectivity index (χ4n) is 1.54. The van der Waals surface area contributed by atoms with E-state index < -0.39 is 0 Å². The summed E-state index contributed by atoms with van der Waals surface area (Å²) in [6.45, 7) is 6.36. The Morgan fingerprint density at radius 3 is 2.29 bits per heavy atom. The Labute approximate surface area is 112 Å². The van der Waals surface area contributed by atoms with Crippen molar-refractivity contribution in [3.63, 3.8) is 0 Å². The third kappa shape index (κ3) is 4.15. The number of alkyl halides is 1. The third-order valence-electron chi connectivity index (χ3n) is 2.85. The van der Waals surface area contributed by atoms with E-state index in [-0.39, 0.29) is 11.9 Å². The lowest BCUT2D eigenvalue weighted by Crippen LogP contribution is -2.35. The SMILES string of the molecule is CCC(CBr)NC(=O)c1ccc(C(C)C)cc1. The summed E-state index contributed by atoms with van der Waals surface area (Å²) in [4.78, 5) is 11.9. The van der Waals surface area contributed by atoms with Gasteiger partial charge in [0, 0.05) is 16.9 Å². The summed E-state index contributed by atoms with van der Waals surface area (Å²) >= 11 is 3.39. The van der Waals surface area contributed by atoms with Crippen LogP contribution in [0, 0.1) is 0 Å². The first-order valence-electron chi connectivity index (χ1n) is 6.05. The Kier molecular flexibility index (Phi) is 5.69. The quantitative estimate of drug-likeness (QED) is 0.825. The van der Waals surface area contributed by atoms with E-state index in [1.54, 1.807) is 0 Å². The smallest absolute Gasteiger partial charge is 0.251 e. The minimum absolute atomic E-state index is 0.00612. The van der Waals surface area contributed by atoms with Crippen molar-refractivity contribution < 1.29 is 4.79 Å². The molecule has 0 aliphatic heterocycles. The first-order chi connectivity index (χ1) is 8.08. The molecule has 3 heteroatoms. The largest absolute Gasteiger partial charge is 0.348 e. The monoisotopic (exact) mass is 297 g/mol. The van der Waals surface area contributed by atoms with Crippen LogP contribution in [0.25, 0.3) is 0 Å². The molecule has 1 aromatic rings. The van der Waals surface area contributed by atoms with Crippen LogP contribution in [0.5, 0.6) is 0 Å². The average Bonchev–Trinajstić information content (AvgIpc) is 2.35. The molecule has 0 aliphatic rings. The third-order valence-corrected chi connectivity index (χ3v) is 3.64. The van der Waals surface area contributed by atoms with Gasteiger partial charge < -0.3 is 5.32 Å². The number of hydrogen-bond acceptors (Lipinski definition) is 1. The summed E-state index contributed by atoms with van der Waals surface area (Å²) in [5.41, 5.74) is 1.99. The first-order valence-corrected chi connectivity index (χ1v) is 7.17. The normalized spacial score (nSPS) is 12.5. The molecule has 0 aliphatic carbocycles. The Hall–Kier alpha value is -0.830. The summed E-state index contributed by atoms with van der Waals surface area (Å²) in [7, 11) is 0. The number of carbonyl (C=O) groups is 1. The highest BCUT2D eigenvalue weighted by Gasteiger charge is 2.11. The molecule has 1 amide bonds. The zero-order valence-electron chi connectivity index (χ0n) is 10.7. The van der Waals surface area contributed by atoms with E-state index in [0.717, 1.165) is 17.3 Å². The lowest BCUT2D eigenvalue weighted by Gasteiger charge is -2.14. The van der Waals surface area contributed by atoms with Gasteiger partial charge in [-0.3, -0.25) is 4.79 Å². The average molecular weight is 298 g/mol. The molecule has 1 atom stereocenters. The van der Waals surface area contributed by atoms with Crippen LogP contribution in [0.1, 0.15) is 49.0 Å².